The maximum atomic E-state index is 13.3. The zero-order valence-corrected chi connectivity index (χ0v) is 21.7. The van der Waals surface area contributed by atoms with Crippen molar-refractivity contribution in [3.63, 3.8) is 0 Å². The van der Waals surface area contributed by atoms with Crippen molar-refractivity contribution in [2.45, 2.75) is 65.3 Å². The van der Waals surface area contributed by atoms with Gasteiger partial charge in [-0.05, 0) is 38.0 Å². The molecule has 0 aliphatic rings. The van der Waals surface area contributed by atoms with Crippen molar-refractivity contribution < 1.29 is 23.5 Å². The van der Waals surface area contributed by atoms with Gasteiger partial charge in [-0.1, -0.05) is 39.0 Å². The monoisotopic (exact) mass is 476 g/mol. The van der Waals surface area contributed by atoms with Crippen LogP contribution in [0.25, 0.3) is 10.9 Å². The van der Waals surface area contributed by atoms with E-state index in [0.717, 1.165) is 0 Å². The van der Waals surface area contributed by atoms with Crippen LogP contribution in [0.3, 0.4) is 0 Å². The van der Waals surface area contributed by atoms with Crippen LogP contribution < -0.4 is 5.73 Å². The molecule has 1 heterocycles. The SMILES string of the molecule is CCOC(=O)CN(C(=O)Cn1nc(C(N)=O)c2ccccc21)[C@H](C)CO[Si](C)(C)C(C)(C)C. The Kier molecular flexibility index (Phi) is 8.42. The van der Waals surface area contributed by atoms with Crippen LogP contribution in [0.4, 0.5) is 0 Å². The van der Waals surface area contributed by atoms with E-state index in [9.17, 15) is 14.4 Å². The largest absolute Gasteiger partial charge is 0.465 e. The molecule has 0 unspecified atom stereocenters. The topological polar surface area (TPSA) is 117 Å². The Morgan fingerprint density at radius 1 is 1.21 bits per heavy atom. The van der Waals surface area contributed by atoms with Gasteiger partial charge in [-0.3, -0.25) is 19.1 Å². The molecule has 0 saturated heterocycles. The molecule has 33 heavy (non-hydrogen) atoms. The number of hydrogen-bond donors (Lipinski definition) is 1. The highest BCUT2D eigenvalue weighted by molar-refractivity contribution is 6.74. The highest BCUT2D eigenvalue weighted by Gasteiger charge is 2.38. The number of hydrogen-bond acceptors (Lipinski definition) is 6. The Morgan fingerprint density at radius 2 is 1.85 bits per heavy atom. The summed E-state index contributed by atoms with van der Waals surface area (Å²) in [6.07, 6.45) is 0. The summed E-state index contributed by atoms with van der Waals surface area (Å²) in [4.78, 5) is 38.8. The fourth-order valence-electron chi connectivity index (χ4n) is 3.12. The minimum absolute atomic E-state index is 0.0157. The Bertz CT molecular complexity index is 1010. The lowest BCUT2D eigenvalue weighted by molar-refractivity contribution is -0.151. The van der Waals surface area contributed by atoms with Gasteiger partial charge in [0.2, 0.25) is 5.91 Å². The van der Waals surface area contributed by atoms with Crippen molar-refractivity contribution >= 4 is 37.0 Å². The molecule has 0 aliphatic heterocycles. The molecule has 1 atom stereocenters. The number of primary amides is 1. The first kappa shape index (κ1) is 26.5. The molecule has 10 heteroatoms. The number of rotatable bonds is 10. The van der Waals surface area contributed by atoms with E-state index in [1.54, 1.807) is 31.2 Å². The minimum Gasteiger partial charge on any atom is -0.465 e. The highest BCUT2D eigenvalue weighted by atomic mass is 28.4. The summed E-state index contributed by atoms with van der Waals surface area (Å²) in [7, 11) is -2.05. The van der Waals surface area contributed by atoms with E-state index in [1.165, 1.54) is 9.58 Å². The zero-order valence-electron chi connectivity index (χ0n) is 20.7. The number of nitrogens with two attached hydrogens (primary N) is 1. The summed E-state index contributed by atoms with van der Waals surface area (Å²) in [6, 6.07) is 6.70. The quantitative estimate of drug-likeness (QED) is 0.416. The van der Waals surface area contributed by atoms with Crippen LogP contribution in [0, 0.1) is 0 Å². The van der Waals surface area contributed by atoms with Crippen molar-refractivity contribution in [3.05, 3.63) is 30.0 Å². The molecule has 2 N–H and O–H groups in total. The molecule has 0 radical (unpaired) electrons. The molecule has 0 saturated carbocycles. The van der Waals surface area contributed by atoms with Crippen molar-refractivity contribution in [1.29, 1.82) is 0 Å². The van der Waals surface area contributed by atoms with Gasteiger partial charge >= 0.3 is 5.97 Å². The summed E-state index contributed by atoms with van der Waals surface area (Å²) >= 11 is 0. The van der Waals surface area contributed by atoms with E-state index >= 15 is 0 Å². The third-order valence-corrected chi connectivity index (χ3v) is 10.6. The zero-order chi connectivity index (χ0) is 25.0. The molecule has 0 fully saturated rings. The van der Waals surface area contributed by atoms with E-state index in [2.05, 4.69) is 39.0 Å². The van der Waals surface area contributed by atoms with Crippen molar-refractivity contribution in [2.24, 2.45) is 5.73 Å². The lowest BCUT2D eigenvalue weighted by atomic mass is 10.2. The van der Waals surface area contributed by atoms with Crippen molar-refractivity contribution in [3.8, 4) is 0 Å². The standard InChI is InChI=1S/C23H36N4O5Si/c1-8-31-20(29)14-26(16(2)15-32-33(6,7)23(3,4)5)19(28)13-27-18-12-10-9-11-17(18)21(25-27)22(24)30/h9-12,16H,8,13-15H2,1-7H3,(H2,24,30)/t16-/m1/s1. The van der Waals surface area contributed by atoms with Crippen LogP contribution in [0.2, 0.25) is 18.1 Å². The van der Waals surface area contributed by atoms with Crippen LogP contribution in [-0.4, -0.2) is 66.6 Å². The third-order valence-electron chi connectivity index (χ3n) is 6.13. The first-order chi connectivity index (χ1) is 15.3. The van der Waals surface area contributed by atoms with Gasteiger partial charge in [0.15, 0.2) is 14.0 Å². The lowest BCUT2D eigenvalue weighted by Crippen LogP contribution is -2.49. The molecular weight excluding hydrogens is 440 g/mol. The molecule has 1 aromatic carbocycles. The Morgan fingerprint density at radius 3 is 2.42 bits per heavy atom. The van der Waals surface area contributed by atoms with Gasteiger partial charge in [-0.15, -0.1) is 0 Å². The Labute approximate surface area is 196 Å². The van der Waals surface area contributed by atoms with Gasteiger partial charge in [-0.2, -0.15) is 5.10 Å². The van der Waals surface area contributed by atoms with Crippen LogP contribution >= 0.6 is 0 Å². The number of para-hydroxylation sites is 1. The molecule has 2 amide bonds. The van der Waals surface area contributed by atoms with E-state index in [0.29, 0.717) is 17.5 Å². The molecule has 0 bridgehead atoms. The number of ether oxygens (including phenoxy) is 1. The summed E-state index contributed by atoms with van der Waals surface area (Å²) in [6.45, 7) is 14.4. The smallest absolute Gasteiger partial charge is 0.325 e. The molecule has 0 aliphatic carbocycles. The fraction of sp³-hybridized carbons (Fsp3) is 0.565. The second-order valence-corrected chi connectivity index (χ2v) is 14.4. The van der Waals surface area contributed by atoms with Gasteiger partial charge < -0.3 is 19.8 Å². The molecular formula is C23H36N4O5Si. The van der Waals surface area contributed by atoms with E-state index in [-0.39, 0.29) is 42.4 Å². The predicted octanol–water partition coefficient (Wildman–Crippen LogP) is 2.94. The maximum absolute atomic E-state index is 13.3. The summed E-state index contributed by atoms with van der Waals surface area (Å²) in [5.41, 5.74) is 6.18. The minimum atomic E-state index is -2.05. The average Bonchev–Trinajstić information content (AvgIpc) is 3.08. The van der Waals surface area contributed by atoms with Crippen LogP contribution in [0.1, 0.15) is 45.1 Å². The fourth-order valence-corrected chi connectivity index (χ4v) is 4.21. The van der Waals surface area contributed by atoms with E-state index < -0.39 is 20.2 Å². The van der Waals surface area contributed by atoms with Crippen LogP contribution in [-0.2, 0) is 25.3 Å². The predicted molar refractivity (Wildman–Crippen MR) is 129 cm³/mol. The Balaban J connectivity index is 2.28. The van der Waals surface area contributed by atoms with E-state index in [1.807, 2.05) is 6.92 Å². The first-order valence-electron chi connectivity index (χ1n) is 11.1. The van der Waals surface area contributed by atoms with Crippen molar-refractivity contribution in [2.75, 3.05) is 19.8 Å². The average molecular weight is 477 g/mol. The van der Waals surface area contributed by atoms with Gasteiger partial charge in [0, 0.05) is 5.39 Å². The van der Waals surface area contributed by atoms with Gasteiger partial charge in [0.1, 0.15) is 13.1 Å². The van der Waals surface area contributed by atoms with Gasteiger partial charge in [0.25, 0.3) is 5.91 Å². The maximum Gasteiger partial charge on any atom is 0.325 e. The molecule has 9 nitrogen and oxygen atoms in total. The van der Waals surface area contributed by atoms with Gasteiger partial charge in [0.05, 0.1) is 24.8 Å². The summed E-state index contributed by atoms with van der Waals surface area (Å²) in [5, 5.41) is 4.85. The molecule has 2 rings (SSSR count). The highest BCUT2D eigenvalue weighted by Crippen LogP contribution is 2.36. The van der Waals surface area contributed by atoms with Crippen LogP contribution in [0.15, 0.2) is 24.3 Å². The van der Waals surface area contributed by atoms with Crippen LogP contribution in [0.5, 0.6) is 0 Å². The number of fused-ring (bicyclic) bond motifs is 1. The normalized spacial score (nSPS) is 13.1. The number of amides is 2. The number of esters is 1. The number of aromatic nitrogens is 2. The summed E-state index contributed by atoms with van der Waals surface area (Å²) in [5.74, 6) is -1.50. The van der Waals surface area contributed by atoms with Crippen molar-refractivity contribution in [1.82, 2.24) is 14.7 Å². The lowest BCUT2D eigenvalue weighted by Gasteiger charge is -2.38. The number of carbonyl (C=O) groups excluding carboxylic acids is 3. The number of carbonyl (C=O) groups is 3. The van der Waals surface area contributed by atoms with Gasteiger partial charge in [-0.25, -0.2) is 0 Å². The molecule has 1 aromatic heterocycles. The number of nitrogens with zero attached hydrogens (tertiary/aromatic N) is 3. The second-order valence-electron chi connectivity index (χ2n) is 9.63. The molecule has 2 aromatic rings. The summed E-state index contributed by atoms with van der Waals surface area (Å²) < 4.78 is 12.8. The Hall–Kier alpha value is -2.72. The molecule has 0 spiro atoms. The number of benzene rings is 1. The second kappa shape index (κ2) is 10.5. The molecule has 182 valence electrons. The first-order valence-corrected chi connectivity index (χ1v) is 14.0. The third kappa shape index (κ3) is 6.41. The van der Waals surface area contributed by atoms with E-state index in [4.69, 9.17) is 14.9 Å².